The van der Waals surface area contributed by atoms with Crippen LogP contribution in [0.4, 0.5) is 0 Å². The Kier molecular flexibility index (Phi) is 4.62. The Bertz CT molecular complexity index is 1060. The van der Waals surface area contributed by atoms with Gasteiger partial charge in [-0.2, -0.15) is 0 Å². The van der Waals surface area contributed by atoms with E-state index in [1.54, 1.807) is 30.0 Å². The number of benzene rings is 1. The van der Waals surface area contributed by atoms with Crippen molar-refractivity contribution in [2.45, 2.75) is 31.7 Å². The topological polar surface area (TPSA) is 85.1 Å². The molecule has 0 saturated carbocycles. The van der Waals surface area contributed by atoms with Crippen molar-refractivity contribution < 1.29 is 23.6 Å². The minimum absolute atomic E-state index is 0.0429. The van der Waals surface area contributed by atoms with Crippen molar-refractivity contribution in [3.63, 3.8) is 0 Å². The Morgan fingerprint density at radius 2 is 2.23 bits per heavy atom. The highest BCUT2D eigenvalue weighted by Crippen LogP contribution is 2.52. The first-order valence-electron chi connectivity index (χ1n) is 10.4. The number of ether oxygens (including phenoxy) is 2. The Labute approximate surface area is 180 Å². The summed E-state index contributed by atoms with van der Waals surface area (Å²) in [5.74, 6) is 0.238. The molecule has 2 fully saturated rings. The number of amides is 2. The third-order valence-corrected chi connectivity index (χ3v) is 6.42. The highest BCUT2D eigenvalue weighted by molar-refractivity contribution is 5.93. The number of carbonyl (C=O) groups excluding carboxylic acids is 2. The van der Waals surface area contributed by atoms with Gasteiger partial charge in [0.05, 0.1) is 38.1 Å². The molecular weight excluding hydrogens is 398 g/mol. The van der Waals surface area contributed by atoms with Crippen molar-refractivity contribution in [2.24, 2.45) is 11.8 Å². The van der Waals surface area contributed by atoms with E-state index < -0.39 is 17.4 Å². The summed E-state index contributed by atoms with van der Waals surface area (Å²) in [5, 5.41) is 3.97. The van der Waals surface area contributed by atoms with Crippen molar-refractivity contribution in [3.05, 3.63) is 59.5 Å². The number of hydrogen-bond donors (Lipinski definition) is 0. The van der Waals surface area contributed by atoms with Crippen molar-refractivity contribution in [1.29, 1.82) is 0 Å². The van der Waals surface area contributed by atoms with Gasteiger partial charge in [0.15, 0.2) is 0 Å². The van der Waals surface area contributed by atoms with Crippen LogP contribution in [0.1, 0.15) is 17.0 Å². The van der Waals surface area contributed by atoms with Gasteiger partial charge < -0.3 is 23.8 Å². The summed E-state index contributed by atoms with van der Waals surface area (Å²) in [5.41, 5.74) is 0.927. The van der Waals surface area contributed by atoms with Crippen molar-refractivity contribution in [3.8, 4) is 5.75 Å². The van der Waals surface area contributed by atoms with Crippen LogP contribution in [0.15, 0.2) is 47.0 Å². The largest absolute Gasteiger partial charge is 0.497 e. The number of aromatic nitrogens is 1. The van der Waals surface area contributed by atoms with E-state index in [1.807, 2.05) is 43.3 Å². The zero-order valence-electron chi connectivity index (χ0n) is 17.8. The van der Waals surface area contributed by atoms with Crippen LogP contribution >= 0.6 is 0 Å². The monoisotopic (exact) mass is 423 g/mol. The predicted molar refractivity (Wildman–Crippen MR) is 110 cm³/mol. The SMILES string of the molecule is COc1cccc(CN2C[C@]34C=C[C@H](O3)[C@H](C(=O)N(C)Cc3cc(C)on3)[C@@H]4C2=O)c1. The van der Waals surface area contributed by atoms with Crippen LogP contribution in [0.25, 0.3) is 0 Å². The Morgan fingerprint density at radius 1 is 1.39 bits per heavy atom. The number of methoxy groups -OCH3 is 1. The smallest absolute Gasteiger partial charge is 0.230 e. The molecule has 31 heavy (non-hydrogen) atoms. The van der Waals surface area contributed by atoms with Crippen LogP contribution in [-0.2, 0) is 27.4 Å². The molecule has 0 radical (unpaired) electrons. The molecule has 0 unspecified atom stereocenters. The average Bonchev–Trinajstić information content (AvgIpc) is 3.50. The molecule has 3 aliphatic rings. The van der Waals surface area contributed by atoms with Crippen LogP contribution < -0.4 is 4.74 Å². The van der Waals surface area contributed by atoms with Crippen LogP contribution in [0, 0.1) is 18.8 Å². The summed E-state index contributed by atoms with van der Waals surface area (Å²) >= 11 is 0. The van der Waals surface area contributed by atoms with Gasteiger partial charge in [0, 0.05) is 19.7 Å². The van der Waals surface area contributed by atoms with Gasteiger partial charge in [-0.15, -0.1) is 0 Å². The number of hydrogen-bond acceptors (Lipinski definition) is 6. The Hall–Kier alpha value is -3.13. The number of nitrogens with zero attached hydrogens (tertiary/aromatic N) is 3. The van der Waals surface area contributed by atoms with E-state index in [9.17, 15) is 9.59 Å². The Balaban J connectivity index is 1.35. The van der Waals surface area contributed by atoms with E-state index in [4.69, 9.17) is 14.0 Å². The fourth-order valence-corrected chi connectivity index (χ4v) is 5.05. The van der Waals surface area contributed by atoms with E-state index in [0.717, 1.165) is 11.3 Å². The lowest BCUT2D eigenvalue weighted by Gasteiger charge is -2.27. The summed E-state index contributed by atoms with van der Waals surface area (Å²) in [4.78, 5) is 30.1. The maximum atomic E-state index is 13.4. The molecule has 162 valence electrons. The van der Waals surface area contributed by atoms with Gasteiger partial charge in [0.25, 0.3) is 0 Å². The van der Waals surface area contributed by atoms with Gasteiger partial charge >= 0.3 is 0 Å². The molecule has 1 aromatic heterocycles. The standard InChI is InChI=1S/C23H25N3O5/c1-14-9-16(24-31-14)12-25(2)21(27)19-18-7-8-23(30-18)13-26(22(28)20(19)23)11-15-5-4-6-17(10-15)29-3/h4-10,18-20H,11-13H2,1-3H3/t18-,19-,20+,23-/m0/s1. The minimum Gasteiger partial charge on any atom is -0.497 e. The van der Waals surface area contributed by atoms with Gasteiger partial charge in [0.2, 0.25) is 11.8 Å². The normalized spacial score (nSPS) is 28.3. The van der Waals surface area contributed by atoms with Crippen LogP contribution in [0.5, 0.6) is 5.75 Å². The zero-order chi connectivity index (χ0) is 21.8. The molecule has 8 nitrogen and oxygen atoms in total. The summed E-state index contributed by atoms with van der Waals surface area (Å²) < 4.78 is 16.6. The Morgan fingerprint density at radius 3 is 2.97 bits per heavy atom. The van der Waals surface area contributed by atoms with Gasteiger partial charge in [-0.1, -0.05) is 29.4 Å². The zero-order valence-corrected chi connectivity index (χ0v) is 17.8. The molecule has 4 atom stereocenters. The lowest BCUT2D eigenvalue weighted by Crippen LogP contribution is -2.44. The molecular formula is C23H25N3O5. The number of rotatable bonds is 6. The highest BCUT2D eigenvalue weighted by atomic mass is 16.5. The summed E-state index contributed by atoms with van der Waals surface area (Å²) in [6.45, 7) is 3.02. The predicted octanol–water partition coefficient (Wildman–Crippen LogP) is 1.93. The first-order chi connectivity index (χ1) is 14.9. The maximum Gasteiger partial charge on any atom is 0.230 e. The lowest BCUT2D eigenvalue weighted by molar-refractivity contribution is -0.143. The van der Waals surface area contributed by atoms with Gasteiger partial charge in [-0.25, -0.2) is 0 Å². The molecule has 5 rings (SSSR count). The molecule has 1 spiro atoms. The number of likely N-dealkylation sites (tertiary alicyclic amines) is 1. The molecule has 3 aliphatic heterocycles. The molecule has 0 N–H and O–H groups in total. The van der Waals surface area contributed by atoms with Gasteiger partial charge in [-0.3, -0.25) is 9.59 Å². The third kappa shape index (κ3) is 3.22. The van der Waals surface area contributed by atoms with E-state index in [0.29, 0.717) is 31.1 Å². The molecule has 0 aliphatic carbocycles. The third-order valence-electron chi connectivity index (χ3n) is 6.42. The second-order valence-electron chi connectivity index (χ2n) is 8.57. The lowest BCUT2D eigenvalue weighted by atomic mass is 9.76. The second-order valence-corrected chi connectivity index (χ2v) is 8.57. The van der Waals surface area contributed by atoms with Crippen LogP contribution in [0.2, 0.25) is 0 Å². The summed E-state index contributed by atoms with van der Waals surface area (Å²) in [6.07, 6.45) is 3.52. The van der Waals surface area contributed by atoms with E-state index in [2.05, 4.69) is 5.16 Å². The van der Waals surface area contributed by atoms with E-state index in [-0.39, 0.29) is 17.9 Å². The average molecular weight is 423 g/mol. The minimum atomic E-state index is -0.730. The van der Waals surface area contributed by atoms with Crippen LogP contribution in [-0.4, -0.2) is 59.2 Å². The number of fused-ring (bicyclic) bond motifs is 1. The first kappa shape index (κ1) is 19.8. The van der Waals surface area contributed by atoms with Gasteiger partial charge in [-0.05, 0) is 24.6 Å². The number of aryl methyl sites for hydroxylation is 1. The number of carbonyl (C=O) groups is 2. The molecule has 2 amide bonds. The van der Waals surface area contributed by atoms with E-state index in [1.165, 1.54) is 0 Å². The van der Waals surface area contributed by atoms with Crippen LogP contribution in [0.3, 0.4) is 0 Å². The second kappa shape index (κ2) is 7.23. The molecule has 2 saturated heterocycles. The first-order valence-corrected chi connectivity index (χ1v) is 10.4. The molecule has 8 heteroatoms. The summed E-state index contributed by atoms with van der Waals surface area (Å²) in [7, 11) is 3.34. The molecule has 2 aromatic rings. The fraction of sp³-hybridized carbons (Fsp3) is 0.435. The quantitative estimate of drug-likeness (QED) is 0.660. The molecule has 2 bridgehead atoms. The highest BCUT2D eigenvalue weighted by Gasteiger charge is 2.67. The molecule has 1 aromatic carbocycles. The fourth-order valence-electron chi connectivity index (χ4n) is 5.05. The maximum absolute atomic E-state index is 13.4. The van der Waals surface area contributed by atoms with E-state index >= 15 is 0 Å². The molecule has 4 heterocycles. The van der Waals surface area contributed by atoms with Crippen molar-refractivity contribution in [2.75, 3.05) is 20.7 Å². The van der Waals surface area contributed by atoms with Gasteiger partial charge in [0.1, 0.15) is 22.8 Å². The van der Waals surface area contributed by atoms with Crippen molar-refractivity contribution >= 4 is 11.8 Å². The van der Waals surface area contributed by atoms with Crippen molar-refractivity contribution in [1.82, 2.24) is 15.0 Å². The summed E-state index contributed by atoms with van der Waals surface area (Å²) in [6, 6.07) is 9.47.